The van der Waals surface area contributed by atoms with Gasteiger partial charge in [-0.05, 0) is 0 Å². The Morgan fingerprint density at radius 1 is 0.812 bits per heavy atom. The highest BCUT2D eigenvalue weighted by molar-refractivity contribution is 5.36. The van der Waals surface area contributed by atoms with Crippen LogP contribution in [-0.4, -0.2) is 57.7 Å². The van der Waals surface area contributed by atoms with Crippen LogP contribution in [0.2, 0.25) is 0 Å². The third-order valence-corrected chi connectivity index (χ3v) is 5.21. The fourth-order valence-electron chi connectivity index (χ4n) is 3.59. The molecule has 2 heterocycles. The molecule has 0 amide bonds. The normalized spacial score (nSPS) is 30.6. The van der Waals surface area contributed by atoms with Gasteiger partial charge in [-0.2, -0.15) is 0 Å². The number of hydrogen-bond acceptors (Lipinski definition) is 10. The fourth-order valence-corrected chi connectivity index (χ4v) is 3.59. The molecule has 4 rings (SSSR count). The SMILES string of the molecule is O=[N+]([O-])c1cccc(C2OC[C@@H](O)[C@H](O)[C@H]3OC(c4cccc([N+](=O)[O-])c4)O[C@H]3CO2)c1. The molecule has 2 fully saturated rings. The van der Waals surface area contributed by atoms with Gasteiger partial charge in [0, 0.05) is 35.4 Å². The second-order valence-electron chi connectivity index (χ2n) is 7.37. The highest BCUT2D eigenvalue weighted by Gasteiger charge is 2.45. The van der Waals surface area contributed by atoms with Crippen LogP contribution in [-0.2, 0) is 18.9 Å². The average Bonchev–Trinajstić information content (AvgIpc) is 3.23. The quantitative estimate of drug-likeness (QED) is 0.520. The highest BCUT2D eigenvalue weighted by atomic mass is 16.8. The van der Waals surface area contributed by atoms with E-state index in [4.69, 9.17) is 18.9 Å². The van der Waals surface area contributed by atoms with Crippen molar-refractivity contribution in [3.05, 3.63) is 79.9 Å². The van der Waals surface area contributed by atoms with E-state index in [1.807, 2.05) is 0 Å². The second kappa shape index (κ2) is 9.24. The summed E-state index contributed by atoms with van der Waals surface area (Å²) in [5.41, 5.74) is 0.427. The Hall–Kier alpha value is -3.00. The first-order chi connectivity index (χ1) is 15.3. The summed E-state index contributed by atoms with van der Waals surface area (Å²) in [6, 6.07) is 11.4. The van der Waals surface area contributed by atoms with E-state index in [2.05, 4.69) is 0 Å². The van der Waals surface area contributed by atoms with Gasteiger partial charge in [-0.25, -0.2) is 0 Å². The summed E-state index contributed by atoms with van der Waals surface area (Å²) in [7, 11) is 0. The molecule has 0 saturated carbocycles. The Labute approximate surface area is 181 Å². The van der Waals surface area contributed by atoms with Crippen molar-refractivity contribution in [2.24, 2.45) is 0 Å². The van der Waals surface area contributed by atoms with E-state index in [-0.39, 0.29) is 24.6 Å². The number of nitro groups is 2. The summed E-state index contributed by atoms with van der Waals surface area (Å²) >= 11 is 0. The van der Waals surface area contributed by atoms with Gasteiger partial charge in [0.2, 0.25) is 0 Å². The molecule has 2 aromatic rings. The Balaban J connectivity index is 1.55. The van der Waals surface area contributed by atoms with Crippen molar-refractivity contribution in [3.8, 4) is 0 Å². The molecule has 0 bridgehead atoms. The molecule has 2 aliphatic rings. The zero-order valence-electron chi connectivity index (χ0n) is 16.6. The number of nitro benzene ring substituents is 2. The molecular formula is C20H20N2O10. The first kappa shape index (κ1) is 22.2. The van der Waals surface area contributed by atoms with Crippen LogP contribution in [0.3, 0.4) is 0 Å². The fraction of sp³-hybridized carbons (Fsp3) is 0.400. The first-order valence-electron chi connectivity index (χ1n) is 9.72. The van der Waals surface area contributed by atoms with Crippen LogP contribution >= 0.6 is 0 Å². The zero-order chi connectivity index (χ0) is 22.8. The minimum Gasteiger partial charge on any atom is -0.388 e. The summed E-state index contributed by atoms with van der Waals surface area (Å²) in [5.74, 6) is 0. The van der Waals surface area contributed by atoms with Crippen molar-refractivity contribution in [2.75, 3.05) is 13.2 Å². The number of benzene rings is 2. The van der Waals surface area contributed by atoms with Crippen molar-refractivity contribution in [2.45, 2.75) is 37.0 Å². The smallest absolute Gasteiger partial charge is 0.269 e. The minimum absolute atomic E-state index is 0.132. The van der Waals surface area contributed by atoms with E-state index in [9.17, 15) is 30.4 Å². The van der Waals surface area contributed by atoms with E-state index in [0.29, 0.717) is 11.1 Å². The first-order valence-corrected chi connectivity index (χ1v) is 9.72. The maximum Gasteiger partial charge on any atom is 0.269 e. The van der Waals surface area contributed by atoms with Gasteiger partial charge >= 0.3 is 0 Å². The number of aliphatic hydroxyl groups is 2. The summed E-state index contributed by atoms with van der Waals surface area (Å²) in [6.45, 7) is -0.462. The predicted molar refractivity (Wildman–Crippen MR) is 105 cm³/mol. The molecule has 170 valence electrons. The van der Waals surface area contributed by atoms with Gasteiger partial charge in [-0.15, -0.1) is 0 Å². The summed E-state index contributed by atoms with van der Waals surface area (Å²) in [4.78, 5) is 21.0. The van der Waals surface area contributed by atoms with Gasteiger partial charge in [-0.1, -0.05) is 24.3 Å². The van der Waals surface area contributed by atoms with E-state index in [1.165, 1.54) is 36.4 Å². The molecule has 0 radical (unpaired) electrons. The van der Waals surface area contributed by atoms with Crippen molar-refractivity contribution in [3.63, 3.8) is 0 Å². The molecule has 0 aromatic heterocycles. The van der Waals surface area contributed by atoms with Crippen LogP contribution in [0.15, 0.2) is 48.5 Å². The van der Waals surface area contributed by atoms with E-state index >= 15 is 0 Å². The van der Waals surface area contributed by atoms with Gasteiger partial charge in [-0.3, -0.25) is 20.2 Å². The lowest BCUT2D eigenvalue weighted by molar-refractivity contribution is -0.385. The third kappa shape index (κ3) is 4.60. The van der Waals surface area contributed by atoms with Gasteiger partial charge in [0.15, 0.2) is 12.6 Å². The molecule has 6 atom stereocenters. The Morgan fingerprint density at radius 2 is 1.38 bits per heavy atom. The molecular weight excluding hydrogens is 428 g/mol. The van der Waals surface area contributed by atoms with Crippen molar-refractivity contribution in [1.29, 1.82) is 0 Å². The Morgan fingerprint density at radius 3 is 1.97 bits per heavy atom. The lowest BCUT2D eigenvalue weighted by Crippen LogP contribution is -2.45. The number of ether oxygens (including phenoxy) is 4. The van der Waals surface area contributed by atoms with E-state index < -0.39 is 46.8 Å². The van der Waals surface area contributed by atoms with Crippen LogP contribution in [0.1, 0.15) is 23.7 Å². The van der Waals surface area contributed by atoms with Crippen molar-refractivity contribution < 1.29 is 39.0 Å². The average molecular weight is 448 g/mol. The minimum atomic E-state index is -1.39. The molecule has 12 nitrogen and oxygen atoms in total. The number of aliphatic hydroxyl groups excluding tert-OH is 2. The zero-order valence-corrected chi connectivity index (χ0v) is 16.6. The largest absolute Gasteiger partial charge is 0.388 e. The summed E-state index contributed by atoms with van der Waals surface area (Å²) in [6.07, 6.45) is -6.68. The van der Waals surface area contributed by atoms with Crippen LogP contribution in [0.5, 0.6) is 0 Å². The van der Waals surface area contributed by atoms with E-state index in [0.717, 1.165) is 0 Å². The number of nitrogens with zero attached hydrogens (tertiary/aromatic N) is 2. The summed E-state index contributed by atoms with van der Waals surface area (Å²) in [5, 5.41) is 43.1. The summed E-state index contributed by atoms with van der Waals surface area (Å²) < 4.78 is 22.9. The molecule has 0 aliphatic carbocycles. The second-order valence-corrected chi connectivity index (χ2v) is 7.37. The Bertz CT molecular complexity index is 1000. The van der Waals surface area contributed by atoms with Crippen LogP contribution in [0, 0.1) is 20.2 Å². The maximum atomic E-state index is 11.1. The standard InChI is InChI=1S/C20H20N2O10/c23-15-9-29-19(11-3-1-5-13(7-11)21(25)26)30-10-16-18(17(15)24)32-20(31-16)12-4-2-6-14(8-12)22(27)28/h1-8,15-20,23-24H,9-10H2/t15-,16+,17+,18+,19?,20?/m1/s1. The third-order valence-electron chi connectivity index (χ3n) is 5.21. The molecule has 12 heteroatoms. The maximum absolute atomic E-state index is 11.1. The molecule has 2 saturated heterocycles. The monoisotopic (exact) mass is 448 g/mol. The number of non-ortho nitro benzene ring substituents is 2. The lowest BCUT2D eigenvalue weighted by Gasteiger charge is -2.23. The number of fused-ring (bicyclic) bond motifs is 1. The predicted octanol–water partition coefficient (Wildman–Crippen LogP) is 1.75. The van der Waals surface area contributed by atoms with Crippen LogP contribution in [0.25, 0.3) is 0 Å². The number of hydrogen-bond donors (Lipinski definition) is 2. The van der Waals surface area contributed by atoms with Crippen LogP contribution < -0.4 is 0 Å². The molecule has 2 unspecified atom stereocenters. The molecule has 0 spiro atoms. The highest BCUT2D eigenvalue weighted by Crippen LogP contribution is 2.36. The van der Waals surface area contributed by atoms with Crippen molar-refractivity contribution >= 4 is 11.4 Å². The molecule has 32 heavy (non-hydrogen) atoms. The molecule has 2 aliphatic heterocycles. The van der Waals surface area contributed by atoms with Crippen molar-refractivity contribution in [1.82, 2.24) is 0 Å². The Kier molecular flexibility index (Phi) is 6.41. The van der Waals surface area contributed by atoms with Crippen LogP contribution in [0.4, 0.5) is 11.4 Å². The molecule has 2 aromatic carbocycles. The molecule has 2 N–H and O–H groups in total. The van der Waals surface area contributed by atoms with Gasteiger partial charge < -0.3 is 29.2 Å². The van der Waals surface area contributed by atoms with Gasteiger partial charge in [0.1, 0.15) is 24.4 Å². The van der Waals surface area contributed by atoms with Gasteiger partial charge in [0.05, 0.1) is 23.1 Å². The topological polar surface area (TPSA) is 164 Å². The van der Waals surface area contributed by atoms with E-state index in [1.54, 1.807) is 12.1 Å². The lowest BCUT2D eigenvalue weighted by atomic mass is 10.0. The number of rotatable bonds is 4. The van der Waals surface area contributed by atoms with Gasteiger partial charge in [0.25, 0.3) is 11.4 Å².